The van der Waals surface area contributed by atoms with Crippen LogP contribution in [0.4, 0.5) is 0 Å². The van der Waals surface area contributed by atoms with Crippen molar-refractivity contribution in [2.45, 2.75) is 25.7 Å². The Morgan fingerprint density at radius 1 is 0.867 bits per heavy atom. The highest BCUT2D eigenvalue weighted by Crippen LogP contribution is 1.92. The van der Waals surface area contributed by atoms with E-state index < -0.39 is 0 Å². The highest BCUT2D eigenvalue weighted by Gasteiger charge is 1.81. The van der Waals surface area contributed by atoms with E-state index in [4.69, 9.17) is 4.74 Å². The zero-order valence-corrected chi connectivity index (χ0v) is 9.96. The highest BCUT2D eigenvalue weighted by molar-refractivity contribution is 4.80. The number of allylic oxidation sites excluding steroid dienone is 2. The lowest BCUT2D eigenvalue weighted by Gasteiger charge is -1.95. The molecular formula is C12H24N2O. The molecule has 0 unspecified atom stereocenters. The Bertz CT molecular complexity index is 149. The first-order valence-corrected chi connectivity index (χ1v) is 5.66. The normalized spacial score (nSPS) is 11.6. The van der Waals surface area contributed by atoms with Crippen molar-refractivity contribution in [3.63, 3.8) is 0 Å². The molecule has 0 aromatic rings. The molecule has 0 aromatic heterocycles. The molecule has 0 aliphatic heterocycles. The minimum Gasteiger partial charge on any atom is -0.473 e. The maximum atomic E-state index is 5.19. The van der Waals surface area contributed by atoms with Gasteiger partial charge in [0.15, 0.2) is 0 Å². The van der Waals surface area contributed by atoms with Gasteiger partial charge in [0.25, 0.3) is 0 Å². The van der Waals surface area contributed by atoms with Gasteiger partial charge in [0.05, 0.1) is 12.5 Å². The molecule has 0 atom stereocenters. The van der Waals surface area contributed by atoms with Crippen molar-refractivity contribution in [2.24, 2.45) is 0 Å². The van der Waals surface area contributed by atoms with Gasteiger partial charge >= 0.3 is 0 Å². The summed E-state index contributed by atoms with van der Waals surface area (Å²) in [6, 6.07) is 0. The average Bonchev–Trinajstić information content (AvgIpc) is 2.26. The fourth-order valence-electron chi connectivity index (χ4n) is 1.09. The predicted molar refractivity (Wildman–Crippen MR) is 65.7 cm³/mol. The van der Waals surface area contributed by atoms with Gasteiger partial charge in [0.2, 0.25) is 0 Å². The van der Waals surface area contributed by atoms with E-state index >= 15 is 0 Å². The van der Waals surface area contributed by atoms with E-state index in [1.165, 1.54) is 0 Å². The van der Waals surface area contributed by atoms with Gasteiger partial charge in [-0.2, -0.15) is 0 Å². The Labute approximate surface area is 93.6 Å². The number of hydrogen-bond donors (Lipinski definition) is 2. The molecule has 0 aliphatic carbocycles. The van der Waals surface area contributed by atoms with Gasteiger partial charge in [0.1, 0.15) is 0 Å². The third-order valence-corrected chi connectivity index (χ3v) is 1.94. The molecule has 3 heteroatoms. The topological polar surface area (TPSA) is 33.3 Å². The SMILES string of the molecule is CNCCCC=COC=CCCCNC. The molecule has 0 rings (SSSR count). The summed E-state index contributed by atoms with van der Waals surface area (Å²) in [5.74, 6) is 0. The first-order chi connectivity index (χ1) is 7.41. The Morgan fingerprint density at radius 2 is 1.33 bits per heavy atom. The largest absolute Gasteiger partial charge is 0.473 e. The molecule has 0 saturated carbocycles. The van der Waals surface area contributed by atoms with E-state index in [0.29, 0.717) is 0 Å². The second-order valence-corrected chi connectivity index (χ2v) is 3.37. The van der Waals surface area contributed by atoms with E-state index in [-0.39, 0.29) is 0 Å². The number of hydrogen-bond acceptors (Lipinski definition) is 3. The first kappa shape index (κ1) is 14.2. The van der Waals surface area contributed by atoms with Gasteiger partial charge in [-0.05, 0) is 65.0 Å². The van der Waals surface area contributed by atoms with Gasteiger partial charge in [-0.25, -0.2) is 0 Å². The minimum atomic E-state index is 1.06. The van der Waals surface area contributed by atoms with Gasteiger partial charge in [0, 0.05) is 0 Å². The fourth-order valence-corrected chi connectivity index (χ4v) is 1.09. The Balaban J connectivity index is 3.14. The van der Waals surface area contributed by atoms with E-state index in [2.05, 4.69) is 22.8 Å². The molecule has 0 bridgehead atoms. The second-order valence-electron chi connectivity index (χ2n) is 3.37. The summed E-state index contributed by atoms with van der Waals surface area (Å²) in [5.41, 5.74) is 0. The van der Waals surface area contributed by atoms with Crippen LogP contribution in [0.5, 0.6) is 0 Å². The predicted octanol–water partition coefficient (Wildman–Crippen LogP) is 2.03. The molecule has 0 fully saturated rings. The van der Waals surface area contributed by atoms with Crippen molar-refractivity contribution in [1.82, 2.24) is 10.6 Å². The molecule has 2 N–H and O–H groups in total. The van der Waals surface area contributed by atoms with Crippen LogP contribution in [0.2, 0.25) is 0 Å². The van der Waals surface area contributed by atoms with Crippen LogP contribution in [-0.2, 0) is 4.74 Å². The lowest BCUT2D eigenvalue weighted by Crippen LogP contribution is -2.06. The lowest BCUT2D eigenvalue weighted by molar-refractivity contribution is 0.398. The van der Waals surface area contributed by atoms with Crippen molar-refractivity contribution in [3.8, 4) is 0 Å². The van der Waals surface area contributed by atoms with Gasteiger partial charge in [-0.3, -0.25) is 0 Å². The lowest BCUT2D eigenvalue weighted by atomic mass is 10.3. The molecule has 0 heterocycles. The standard InChI is InChI=1S/C12H24N2O/c1-13-9-5-3-7-11-15-12-8-4-6-10-14-2/h7-8,11-14H,3-6,9-10H2,1-2H3. The molecule has 88 valence electrons. The number of ether oxygens (including phenoxy) is 1. The summed E-state index contributed by atoms with van der Waals surface area (Å²) in [5, 5.41) is 6.21. The minimum absolute atomic E-state index is 1.06. The molecule has 0 radical (unpaired) electrons. The van der Waals surface area contributed by atoms with Crippen LogP contribution in [0.1, 0.15) is 25.7 Å². The van der Waals surface area contributed by atoms with Crippen molar-refractivity contribution in [1.29, 1.82) is 0 Å². The smallest absolute Gasteiger partial charge is 0.0861 e. The maximum Gasteiger partial charge on any atom is 0.0861 e. The van der Waals surface area contributed by atoms with Crippen LogP contribution in [-0.4, -0.2) is 27.2 Å². The van der Waals surface area contributed by atoms with Crippen LogP contribution in [0.15, 0.2) is 24.7 Å². The van der Waals surface area contributed by atoms with Crippen LogP contribution in [0.25, 0.3) is 0 Å². The summed E-state index contributed by atoms with van der Waals surface area (Å²) in [4.78, 5) is 0. The maximum absolute atomic E-state index is 5.19. The fraction of sp³-hybridized carbons (Fsp3) is 0.667. The van der Waals surface area contributed by atoms with Crippen molar-refractivity contribution in [3.05, 3.63) is 24.7 Å². The number of unbranched alkanes of at least 4 members (excludes halogenated alkanes) is 2. The summed E-state index contributed by atoms with van der Waals surface area (Å²) in [7, 11) is 3.93. The molecule has 0 saturated heterocycles. The second kappa shape index (κ2) is 13.2. The number of nitrogens with one attached hydrogen (secondary N) is 2. The van der Waals surface area contributed by atoms with E-state index in [1.807, 2.05) is 14.1 Å². The Kier molecular flexibility index (Phi) is 12.5. The van der Waals surface area contributed by atoms with Crippen molar-refractivity contribution < 1.29 is 4.74 Å². The summed E-state index contributed by atoms with van der Waals surface area (Å²) in [6.07, 6.45) is 12.0. The monoisotopic (exact) mass is 212 g/mol. The third-order valence-electron chi connectivity index (χ3n) is 1.94. The zero-order chi connectivity index (χ0) is 11.2. The molecule has 0 spiro atoms. The van der Waals surface area contributed by atoms with Crippen LogP contribution in [0, 0.1) is 0 Å². The van der Waals surface area contributed by atoms with Crippen LogP contribution in [0.3, 0.4) is 0 Å². The van der Waals surface area contributed by atoms with Gasteiger partial charge < -0.3 is 15.4 Å². The molecule has 15 heavy (non-hydrogen) atoms. The van der Waals surface area contributed by atoms with E-state index in [9.17, 15) is 0 Å². The molecule has 0 amide bonds. The molecule has 0 aliphatic rings. The molecular weight excluding hydrogens is 188 g/mol. The van der Waals surface area contributed by atoms with Gasteiger partial charge in [-0.1, -0.05) is 0 Å². The highest BCUT2D eigenvalue weighted by atomic mass is 16.5. The van der Waals surface area contributed by atoms with E-state index in [1.54, 1.807) is 12.5 Å². The first-order valence-electron chi connectivity index (χ1n) is 5.66. The van der Waals surface area contributed by atoms with Crippen molar-refractivity contribution >= 4 is 0 Å². The molecule has 0 aromatic carbocycles. The Morgan fingerprint density at radius 3 is 1.73 bits per heavy atom. The quantitative estimate of drug-likeness (QED) is 0.429. The Hall–Kier alpha value is -0.800. The summed E-state index contributed by atoms with van der Waals surface area (Å²) >= 11 is 0. The molecule has 3 nitrogen and oxygen atoms in total. The zero-order valence-electron chi connectivity index (χ0n) is 9.96. The van der Waals surface area contributed by atoms with Crippen LogP contribution < -0.4 is 10.6 Å². The summed E-state index contributed by atoms with van der Waals surface area (Å²) in [6.45, 7) is 2.12. The summed E-state index contributed by atoms with van der Waals surface area (Å²) < 4.78 is 5.19. The average molecular weight is 212 g/mol. The van der Waals surface area contributed by atoms with E-state index in [0.717, 1.165) is 38.8 Å². The number of rotatable bonds is 10. The van der Waals surface area contributed by atoms with Crippen molar-refractivity contribution in [2.75, 3.05) is 27.2 Å². The van der Waals surface area contributed by atoms with Crippen LogP contribution >= 0.6 is 0 Å². The van der Waals surface area contributed by atoms with Gasteiger partial charge in [-0.15, -0.1) is 0 Å². The third kappa shape index (κ3) is 13.2.